The van der Waals surface area contributed by atoms with E-state index in [4.69, 9.17) is 5.73 Å². The number of nitrogens with two attached hydrogens (primary N) is 1. The van der Waals surface area contributed by atoms with E-state index < -0.39 is 12.1 Å². The highest BCUT2D eigenvalue weighted by molar-refractivity contribution is 5.79. The molecule has 1 saturated heterocycles. The van der Waals surface area contributed by atoms with Crippen molar-refractivity contribution in [1.82, 2.24) is 15.5 Å². The lowest BCUT2D eigenvalue weighted by Gasteiger charge is -2.27. The highest BCUT2D eigenvalue weighted by atomic mass is 16.2. The van der Waals surface area contributed by atoms with Gasteiger partial charge in [-0.25, -0.2) is 4.79 Å². The summed E-state index contributed by atoms with van der Waals surface area (Å²) in [7, 11) is 1.82. The average molecular weight is 304 g/mol. The zero-order chi connectivity index (χ0) is 16.1. The maximum Gasteiger partial charge on any atom is 0.312 e. The second-order valence-electron chi connectivity index (χ2n) is 5.77. The molecule has 0 spiro atoms. The third-order valence-corrected chi connectivity index (χ3v) is 4.23. The summed E-state index contributed by atoms with van der Waals surface area (Å²) in [4.78, 5) is 25.6. The number of carbonyl (C=O) groups is 2. The fraction of sp³-hybridized carbons (Fsp3) is 0.500. The molecule has 1 fully saturated rings. The van der Waals surface area contributed by atoms with Crippen LogP contribution in [0.15, 0.2) is 24.3 Å². The average Bonchev–Trinajstić information content (AvgIpc) is 3.00. The summed E-state index contributed by atoms with van der Waals surface area (Å²) in [6.45, 7) is 3.71. The van der Waals surface area contributed by atoms with Crippen LogP contribution in [0, 0.1) is 6.92 Å². The lowest BCUT2D eigenvalue weighted by atomic mass is 9.98. The summed E-state index contributed by atoms with van der Waals surface area (Å²) in [5.41, 5.74) is 7.22. The van der Waals surface area contributed by atoms with E-state index in [0.717, 1.165) is 30.6 Å². The van der Waals surface area contributed by atoms with Crippen LogP contribution in [-0.2, 0) is 4.79 Å². The molecule has 1 heterocycles. The molecule has 0 bridgehead atoms. The molecule has 1 aromatic carbocycles. The molecule has 0 radical (unpaired) electrons. The van der Waals surface area contributed by atoms with Gasteiger partial charge in [-0.1, -0.05) is 24.3 Å². The Labute approximate surface area is 131 Å². The topological polar surface area (TPSA) is 87.5 Å². The molecule has 3 amide bonds. The maximum absolute atomic E-state index is 12.5. The summed E-state index contributed by atoms with van der Waals surface area (Å²) in [6, 6.07) is 6.90. The van der Waals surface area contributed by atoms with Crippen molar-refractivity contribution in [2.24, 2.45) is 5.73 Å². The van der Waals surface area contributed by atoms with Gasteiger partial charge in [-0.3, -0.25) is 4.79 Å². The first kappa shape index (κ1) is 16.3. The molecule has 1 aliphatic rings. The summed E-state index contributed by atoms with van der Waals surface area (Å²) >= 11 is 0. The smallest absolute Gasteiger partial charge is 0.312 e. The summed E-state index contributed by atoms with van der Waals surface area (Å²) in [5, 5.41) is 5.94. The largest absolute Gasteiger partial charge is 0.352 e. The number of nitrogens with one attached hydrogen (secondary N) is 2. The third-order valence-electron chi connectivity index (χ3n) is 4.23. The SMILES string of the molecule is Cc1ccccc1[C@H](CC(=O)N(C)[C@@H]1CCNC1)NC(N)=O. The molecule has 1 aliphatic heterocycles. The number of amides is 3. The summed E-state index contributed by atoms with van der Waals surface area (Å²) in [6.07, 6.45) is 1.17. The fourth-order valence-corrected chi connectivity index (χ4v) is 2.88. The molecule has 2 rings (SSSR count). The molecule has 6 heteroatoms. The van der Waals surface area contributed by atoms with Crippen molar-refractivity contribution in [3.05, 3.63) is 35.4 Å². The molecule has 22 heavy (non-hydrogen) atoms. The first-order valence-electron chi connectivity index (χ1n) is 7.57. The van der Waals surface area contributed by atoms with Gasteiger partial charge >= 0.3 is 6.03 Å². The van der Waals surface area contributed by atoms with Gasteiger partial charge in [0.2, 0.25) is 5.91 Å². The predicted octanol–water partition coefficient (Wildman–Crippen LogP) is 0.915. The highest BCUT2D eigenvalue weighted by Crippen LogP contribution is 2.22. The number of primary amides is 1. The van der Waals surface area contributed by atoms with Crippen molar-refractivity contribution in [2.45, 2.75) is 31.8 Å². The minimum absolute atomic E-state index is 0.00991. The Balaban J connectivity index is 2.11. The molecular formula is C16H24N4O2. The van der Waals surface area contributed by atoms with Gasteiger partial charge in [0.25, 0.3) is 0 Å². The number of nitrogens with zero attached hydrogens (tertiary/aromatic N) is 1. The van der Waals surface area contributed by atoms with Gasteiger partial charge in [-0.05, 0) is 31.0 Å². The van der Waals surface area contributed by atoms with E-state index in [1.165, 1.54) is 0 Å². The Morgan fingerprint density at radius 2 is 2.18 bits per heavy atom. The minimum atomic E-state index is -0.619. The van der Waals surface area contributed by atoms with Crippen LogP contribution in [0.3, 0.4) is 0 Å². The van der Waals surface area contributed by atoms with Gasteiger partial charge in [0.1, 0.15) is 0 Å². The van der Waals surface area contributed by atoms with Crippen LogP contribution in [0.4, 0.5) is 4.79 Å². The Morgan fingerprint density at radius 1 is 1.45 bits per heavy atom. The molecule has 4 N–H and O–H groups in total. The monoisotopic (exact) mass is 304 g/mol. The van der Waals surface area contributed by atoms with Crippen LogP contribution in [0.25, 0.3) is 0 Å². The van der Waals surface area contributed by atoms with Gasteiger partial charge in [-0.15, -0.1) is 0 Å². The summed E-state index contributed by atoms with van der Waals surface area (Å²) in [5.74, 6) is 0.00991. The molecule has 0 saturated carbocycles. The van der Waals surface area contributed by atoms with Crippen molar-refractivity contribution in [2.75, 3.05) is 20.1 Å². The van der Waals surface area contributed by atoms with Gasteiger partial charge in [-0.2, -0.15) is 0 Å². The second kappa shape index (κ2) is 7.26. The molecule has 120 valence electrons. The predicted molar refractivity (Wildman–Crippen MR) is 85.3 cm³/mol. The molecule has 1 aromatic rings. The molecule has 2 atom stereocenters. The number of hydrogen-bond acceptors (Lipinski definition) is 3. The number of aryl methyl sites for hydroxylation is 1. The summed E-state index contributed by atoms with van der Waals surface area (Å²) < 4.78 is 0. The number of hydrogen-bond donors (Lipinski definition) is 3. The normalized spacial score (nSPS) is 18.7. The lowest BCUT2D eigenvalue weighted by molar-refractivity contribution is -0.132. The van der Waals surface area contributed by atoms with Gasteiger partial charge in [0, 0.05) is 19.6 Å². The number of carbonyl (C=O) groups excluding carboxylic acids is 2. The van der Waals surface area contributed by atoms with Crippen molar-refractivity contribution >= 4 is 11.9 Å². The van der Waals surface area contributed by atoms with Crippen molar-refractivity contribution < 1.29 is 9.59 Å². The van der Waals surface area contributed by atoms with Crippen LogP contribution in [0.1, 0.15) is 30.0 Å². The highest BCUT2D eigenvalue weighted by Gasteiger charge is 2.26. The zero-order valence-electron chi connectivity index (χ0n) is 13.1. The second-order valence-corrected chi connectivity index (χ2v) is 5.77. The van der Waals surface area contributed by atoms with Crippen LogP contribution in [0.5, 0.6) is 0 Å². The number of urea groups is 1. The standard InChI is InChI=1S/C16H24N4O2/c1-11-5-3-4-6-13(11)14(19-16(17)22)9-15(21)20(2)12-7-8-18-10-12/h3-6,12,14,18H,7-10H2,1-2H3,(H3,17,19,22)/t12-,14+/m1/s1. The van der Waals surface area contributed by atoms with E-state index >= 15 is 0 Å². The number of likely N-dealkylation sites (N-methyl/N-ethyl adjacent to an activating group) is 1. The lowest BCUT2D eigenvalue weighted by Crippen LogP contribution is -2.41. The van der Waals surface area contributed by atoms with Crippen LogP contribution in [0.2, 0.25) is 0 Å². The maximum atomic E-state index is 12.5. The van der Waals surface area contributed by atoms with Gasteiger partial charge in [0.05, 0.1) is 12.5 Å². The van der Waals surface area contributed by atoms with E-state index in [1.54, 1.807) is 4.90 Å². The van der Waals surface area contributed by atoms with Gasteiger partial charge < -0.3 is 21.3 Å². The molecule has 0 aliphatic carbocycles. The Morgan fingerprint density at radius 3 is 2.77 bits per heavy atom. The zero-order valence-corrected chi connectivity index (χ0v) is 13.1. The molecule has 0 unspecified atom stereocenters. The molecule has 6 nitrogen and oxygen atoms in total. The molecule has 0 aromatic heterocycles. The first-order chi connectivity index (χ1) is 10.5. The van der Waals surface area contributed by atoms with Crippen LogP contribution < -0.4 is 16.4 Å². The van der Waals surface area contributed by atoms with E-state index in [-0.39, 0.29) is 18.4 Å². The first-order valence-corrected chi connectivity index (χ1v) is 7.57. The Bertz CT molecular complexity index is 541. The Hall–Kier alpha value is -2.08. The number of rotatable bonds is 5. The minimum Gasteiger partial charge on any atom is -0.352 e. The molecular weight excluding hydrogens is 280 g/mol. The fourth-order valence-electron chi connectivity index (χ4n) is 2.88. The Kier molecular flexibility index (Phi) is 5.38. The quantitative estimate of drug-likeness (QED) is 0.756. The van der Waals surface area contributed by atoms with Crippen molar-refractivity contribution in [3.8, 4) is 0 Å². The van der Waals surface area contributed by atoms with E-state index in [0.29, 0.717) is 0 Å². The van der Waals surface area contributed by atoms with Crippen LogP contribution >= 0.6 is 0 Å². The third kappa shape index (κ3) is 3.98. The van der Waals surface area contributed by atoms with E-state index in [9.17, 15) is 9.59 Å². The van der Waals surface area contributed by atoms with Gasteiger partial charge in [0.15, 0.2) is 0 Å². The number of benzene rings is 1. The van der Waals surface area contributed by atoms with E-state index in [1.807, 2.05) is 38.2 Å². The van der Waals surface area contributed by atoms with Crippen molar-refractivity contribution in [1.29, 1.82) is 0 Å². The van der Waals surface area contributed by atoms with Crippen LogP contribution in [-0.4, -0.2) is 43.0 Å². The van der Waals surface area contributed by atoms with Crippen molar-refractivity contribution in [3.63, 3.8) is 0 Å². The van der Waals surface area contributed by atoms with E-state index in [2.05, 4.69) is 10.6 Å².